The number of hydrogen-bond donors (Lipinski definition) is 1. The first-order valence-electron chi connectivity index (χ1n) is 8.05. The van der Waals surface area contributed by atoms with Crippen molar-refractivity contribution in [3.05, 3.63) is 11.7 Å². The van der Waals surface area contributed by atoms with Gasteiger partial charge in [-0.1, -0.05) is 12.1 Å². The van der Waals surface area contributed by atoms with Gasteiger partial charge in [0.25, 0.3) is 0 Å². The zero-order valence-corrected chi connectivity index (χ0v) is 14.0. The summed E-state index contributed by atoms with van der Waals surface area (Å²) in [5.41, 5.74) is 0. The maximum atomic E-state index is 11.9. The van der Waals surface area contributed by atoms with Crippen LogP contribution in [0.1, 0.15) is 44.9 Å². The average Bonchev–Trinajstić information content (AvgIpc) is 2.93. The van der Waals surface area contributed by atoms with Crippen LogP contribution in [0.3, 0.4) is 0 Å². The van der Waals surface area contributed by atoms with Crippen molar-refractivity contribution in [1.29, 1.82) is 0 Å². The molecule has 1 saturated heterocycles. The van der Waals surface area contributed by atoms with Gasteiger partial charge in [-0.3, -0.25) is 14.6 Å². The minimum atomic E-state index is 0.114. The summed E-state index contributed by atoms with van der Waals surface area (Å²) in [6.45, 7) is 12.1. The highest BCUT2D eigenvalue weighted by Gasteiger charge is 2.26. The van der Waals surface area contributed by atoms with E-state index < -0.39 is 0 Å². The summed E-state index contributed by atoms with van der Waals surface area (Å²) >= 11 is 0. The van der Waals surface area contributed by atoms with Crippen LogP contribution in [0, 0.1) is 6.92 Å². The smallest absolute Gasteiger partial charge is 0.243 e. The Morgan fingerprint density at radius 2 is 2.00 bits per heavy atom. The minimum Gasteiger partial charge on any atom is -0.353 e. The quantitative estimate of drug-likeness (QED) is 0.844. The number of nitrogens with one attached hydrogen (secondary N) is 1. The Morgan fingerprint density at radius 1 is 1.32 bits per heavy atom. The predicted octanol–water partition coefficient (Wildman–Crippen LogP) is 0.971. The summed E-state index contributed by atoms with van der Waals surface area (Å²) < 4.78 is 5.25. The maximum absolute atomic E-state index is 11.9. The Hall–Kier alpha value is -1.47. The highest BCUT2D eigenvalue weighted by molar-refractivity contribution is 5.78. The number of rotatable bonds is 6. The van der Waals surface area contributed by atoms with Crippen LogP contribution in [0.4, 0.5) is 0 Å². The largest absolute Gasteiger partial charge is 0.353 e. The lowest BCUT2D eigenvalue weighted by Crippen LogP contribution is -2.50. The Balaban J connectivity index is 1.77. The van der Waals surface area contributed by atoms with E-state index in [2.05, 4.69) is 39.1 Å². The lowest BCUT2D eigenvalue weighted by atomic mass is 10.2. The lowest BCUT2D eigenvalue weighted by molar-refractivity contribution is -0.123. The third-order valence-corrected chi connectivity index (χ3v) is 4.24. The van der Waals surface area contributed by atoms with Crippen molar-refractivity contribution in [2.45, 2.75) is 46.2 Å². The number of piperazine rings is 1. The van der Waals surface area contributed by atoms with Crippen molar-refractivity contribution in [3.63, 3.8) is 0 Å². The molecule has 0 aliphatic carbocycles. The predicted molar refractivity (Wildman–Crippen MR) is 83.4 cm³/mol. The zero-order valence-electron chi connectivity index (χ0n) is 14.0. The fraction of sp³-hybridized carbons (Fsp3) is 0.800. The van der Waals surface area contributed by atoms with Gasteiger partial charge in [-0.05, 0) is 27.2 Å². The minimum absolute atomic E-state index is 0.114. The Kier molecular flexibility index (Phi) is 5.90. The summed E-state index contributed by atoms with van der Waals surface area (Å²) in [6, 6.07) is 0.367. The third-order valence-electron chi connectivity index (χ3n) is 4.24. The van der Waals surface area contributed by atoms with Crippen LogP contribution in [0.5, 0.6) is 0 Å². The molecule has 1 aliphatic heterocycles. The van der Waals surface area contributed by atoms with Crippen molar-refractivity contribution < 1.29 is 9.32 Å². The Labute approximate surface area is 132 Å². The standard InChI is InChI=1S/C15H27N5O2/c1-5-11(2)16-14(21)10-19-6-8-20(9-7-19)12(3)15-17-13(4)18-22-15/h11-12H,5-10H2,1-4H3,(H,16,21)/t11-,12-/m0/s1. The number of carbonyl (C=O) groups is 1. The molecule has 1 amide bonds. The van der Waals surface area contributed by atoms with Gasteiger partial charge in [0, 0.05) is 32.2 Å². The van der Waals surface area contributed by atoms with Crippen LogP contribution in [-0.2, 0) is 4.79 Å². The fourth-order valence-corrected chi connectivity index (χ4v) is 2.57. The Morgan fingerprint density at radius 3 is 2.55 bits per heavy atom. The lowest BCUT2D eigenvalue weighted by Gasteiger charge is -2.36. The first-order chi connectivity index (χ1) is 10.5. The van der Waals surface area contributed by atoms with E-state index in [0.29, 0.717) is 18.3 Å². The van der Waals surface area contributed by atoms with Gasteiger partial charge >= 0.3 is 0 Å². The average molecular weight is 309 g/mol. The summed E-state index contributed by atoms with van der Waals surface area (Å²) in [5, 5.41) is 6.86. The molecular weight excluding hydrogens is 282 g/mol. The summed E-state index contributed by atoms with van der Waals surface area (Å²) in [5.74, 6) is 1.45. The van der Waals surface area contributed by atoms with E-state index in [4.69, 9.17) is 4.52 Å². The first kappa shape index (κ1) is 16.9. The van der Waals surface area contributed by atoms with Crippen LogP contribution in [-0.4, -0.2) is 64.6 Å². The number of hydrogen-bond acceptors (Lipinski definition) is 6. The van der Waals surface area contributed by atoms with Crippen LogP contribution in [0.2, 0.25) is 0 Å². The molecule has 1 fully saturated rings. The molecule has 1 N–H and O–H groups in total. The molecule has 2 heterocycles. The second-order valence-corrected chi connectivity index (χ2v) is 6.04. The topological polar surface area (TPSA) is 74.5 Å². The van der Waals surface area contributed by atoms with E-state index in [0.717, 1.165) is 32.6 Å². The molecule has 1 aromatic rings. The van der Waals surface area contributed by atoms with E-state index in [1.54, 1.807) is 0 Å². The number of aryl methyl sites for hydroxylation is 1. The highest BCUT2D eigenvalue weighted by atomic mass is 16.5. The van der Waals surface area contributed by atoms with Gasteiger partial charge in [0.05, 0.1) is 12.6 Å². The molecule has 1 aliphatic rings. The van der Waals surface area contributed by atoms with Gasteiger partial charge in [0.2, 0.25) is 11.8 Å². The monoisotopic (exact) mass is 309 g/mol. The molecule has 0 unspecified atom stereocenters. The molecule has 0 radical (unpaired) electrons. The van der Waals surface area contributed by atoms with Crippen LogP contribution in [0.15, 0.2) is 4.52 Å². The van der Waals surface area contributed by atoms with Crippen molar-refractivity contribution in [1.82, 2.24) is 25.3 Å². The van der Waals surface area contributed by atoms with Gasteiger partial charge < -0.3 is 9.84 Å². The van der Waals surface area contributed by atoms with E-state index in [-0.39, 0.29) is 18.0 Å². The molecule has 22 heavy (non-hydrogen) atoms. The fourth-order valence-electron chi connectivity index (χ4n) is 2.57. The normalized spacial score (nSPS) is 19.8. The molecule has 1 aromatic heterocycles. The molecule has 0 saturated carbocycles. The molecule has 2 rings (SSSR count). The van der Waals surface area contributed by atoms with Crippen molar-refractivity contribution >= 4 is 5.91 Å². The first-order valence-corrected chi connectivity index (χ1v) is 8.05. The SMILES string of the molecule is CC[C@H](C)NC(=O)CN1CCN([C@@H](C)c2nc(C)no2)CC1. The van der Waals surface area contributed by atoms with Gasteiger partial charge in [-0.15, -0.1) is 0 Å². The van der Waals surface area contributed by atoms with Crippen molar-refractivity contribution in [3.8, 4) is 0 Å². The van der Waals surface area contributed by atoms with Crippen LogP contribution >= 0.6 is 0 Å². The summed E-state index contributed by atoms with van der Waals surface area (Å²) in [6.07, 6.45) is 0.959. The van der Waals surface area contributed by atoms with Crippen LogP contribution < -0.4 is 5.32 Å². The molecule has 7 nitrogen and oxygen atoms in total. The summed E-state index contributed by atoms with van der Waals surface area (Å²) in [7, 11) is 0. The maximum Gasteiger partial charge on any atom is 0.243 e. The second kappa shape index (κ2) is 7.69. The van der Waals surface area contributed by atoms with E-state index in [9.17, 15) is 4.79 Å². The molecule has 7 heteroatoms. The van der Waals surface area contributed by atoms with Crippen LogP contribution in [0.25, 0.3) is 0 Å². The van der Waals surface area contributed by atoms with Gasteiger partial charge in [0.15, 0.2) is 5.82 Å². The molecule has 0 aromatic carbocycles. The Bertz CT molecular complexity index is 482. The molecular formula is C15H27N5O2. The van der Waals surface area contributed by atoms with E-state index in [1.165, 1.54) is 0 Å². The zero-order chi connectivity index (χ0) is 16.1. The number of nitrogens with zero attached hydrogens (tertiary/aromatic N) is 4. The number of amides is 1. The van der Waals surface area contributed by atoms with Crippen molar-refractivity contribution in [2.75, 3.05) is 32.7 Å². The molecule has 0 bridgehead atoms. The molecule has 0 spiro atoms. The molecule has 124 valence electrons. The number of carbonyl (C=O) groups excluding carboxylic acids is 1. The summed E-state index contributed by atoms with van der Waals surface area (Å²) in [4.78, 5) is 20.7. The van der Waals surface area contributed by atoms with Gasteiger partial charge in [-0.2, -0.15) is 4.98 Å². The van der Waals surface area contributed by atoms with Crippen molar-refractivity contribution in [2.24, 2.45) is 0 Å². The second-order valence-electron chi connectivity index (χ2n) is 6.04. The van der Waals surface area contributed by atoms with E-state index in [1.807, 2.05) is 13.8 Å². The molecule has 2 atom stereocenters. The van der Waals surface area contributed by atoms with Gasteiger partial charge in [0.1, 0.15) is 0 Å². The van der Waals surface area contributed by atoms with E-state index >= 15 is 0 Å². The third kappa shape index (κ3) is 4.51. The highest BCUT2D eigenvalue weighted by Crippen LogP contribution is 2.19. The van der Waals surface area contributed by atoms with Gasteiger partial charge in [-0.25, -0.2) is 0 Å². The number of aromatic nitrogens is 2.